The van der Waals surface area contributed by atoms with Crippen LogP contribution in [0.25, 0.3) is 0 Å². The molecule has 0 bridgehead atoms. The molecule has 3 aliphatic rings. The van der Waals surface area contributed by atoms with Gasteiger partial charge in [0.15, 0.2) is 11.6 Å². The van der Waals surface area contributed by atoms with Crippen molar-refractivity contribution in [1.29, 1.82) is 0 Å². The summed E-state index contributed by atoms with van der Waals surface area (Å²) in [5, 5.41) is 12.0. The Labute approximate surface area is 161 Å². The van der Waals surface area contributed by atoms with E-state index >= 15 is 0 Å². The minimum atomic E-state index is -0.846. The number of likely N-dealkylation sites (tertiary alicyclic amines) is 1. The van der Waals surface area contributed by atoms with Crippen LogP contribution in [0.4, 0.5) is 8.78 Å². The largest absolute Gasteiger partial charge is 0.342 e. The molecule has 1 aromatic carbocycles. The van der Waals surface area contributed by atoms with Gasteiger partial charge in [-0.2, -0.15) is 0 Å². The highest BCUT2D eigenvalue weighted by Gasteiger charge is 2.46. The number of nitrogens with zero attached hydrogens (tertiary/aromatic N) is 4. The van der Waals surface area contributed by atoms with Crippen LogP contribution in [0, 0.1) is 17.6 Å². The molecule has 3 heterocycles. The predicted molar refractivity (Wildman–Crippen MR) is 97.5 cm³/mol. The van der Waals surface area contributed by atoms with Crippen LogP contribution in [0.5, 0.6) is 0 Å². The molecule has 0 radical (unpaired) electrons. The van der Waals surface area contributed by atoms with E-state index in [-0.39, 0.29) is 17.7 Å². The number of nitrogens with one attached hydrogen (secondary N) is 1. The number of aromatic nitrogens is 3. The average Bonchev–Trinajstić information content (AvgIpc) is 3.41. The molecule has 5 rings (SSSR count). The summed E-state index contributed by atoms with van der Waals surface area (Å²) in [6.45, 7) is 4.02. The molecule has 148 valence electrons. The lowest BCUT2D eigenvalue weighted by Crippen LogP contribution is -2.39. The van der Waals surface area contributed by atoms with Crippen molar-refractivity contribution >= 4 is 5.91 Å². The van der Waals surface area contributed by atoms with Gasteiger partial charge >= 0.3 is 0 Å². The summed E-state index contributed by atoms with van der Waals surface area (Å²) >= 11 is 0. The van der Waals surface area contributed by atoms with Gasteiger partial charge in [0.05, 0.1) is 6.54 Å². The summed E-state index contributed by atoms with van der Waals surface area (Å²) in [5.74, 6) is 0.737. The Morgan fingerprint density at radius 3 is 2.71 bits per heavy atom. The van der Waals surface area contributed by atoms with E-state index in [1.807, 2.05) is 4.90 Å². The summed E-state index contributed by atoms with van der Waals surface area (Å²) < 4.78 is 28.8. The molecule has 2 unspecified atom stereocenters. The maximum atomic E-state index is 13.5. The Bertz CT molecular complexity index is 906. The second kappa shape index (κ2) is 6.92. The van der Waals surface area contributed by atoms with Crippen LogP contribution in [0.1, 0.15) is 48.3 Å². The molecule has 1 aromatic heterocycles. The Balaban J connectivity index is 1.20. The summed E-state index contributed by atoms with van der Waals surface area (Å²) in [6.07, 6.45) is 2.49. The quantitative estimate of drug-likeness (QED) is 0.877. The fourth-order valence-electron chi connectivity index (χ4n) is 4.59. The number of hydrogen-bond donors (Lipinski definition) is 1. The van der Waals surface area contributed by atoms with E-state index in [1.165, 1.54) is 6.07 Å². The monoisotopic (exact) mass is 387 g/mol. The van der Waals surface area contributed by atoms with E-state index < -0.39 is 11.6 Å². The molecule has 1 amide bonds. The number of benzene rings is 1. The van der Waals surface area contributed by atoms with Gasteiger partial charge in [0.1, 0.15) is 11.6 Å². The number of carbonyl (C=O) groups is 1. The minimum absolute atomic E-state index is 0.0105. The Hall–Kier alpha value is -2.35. The van der Waals surface area contributed by atoms with E-state index in [0.29, 0.717) is 25.4 Å². The first-order valence-electron chi connectivity index (χ1n) is 9.98. The molecule has 2 aliphatic heterocycles. The molecular formula is C20H23F2N5O. The van der Waals surface area contributed by atoms with Crippen LogP contribution in [-0.2, 0) is 17.9 Å². The Morgan fingerprint density at radius 2 is 1.93 bits per heavy atom. The molecule has 6 nitrogen and oxygen atoms in total. The van der Waals surface area contributed by atoms with Crippen molar-refractivity contribution in [3.05, 3.63) is 47.0 Å². The molecule has 1 N–H and O–H groups in total. The molecule has 1 saturated heterocycles. The third kappa shape index (κ3) is 3.09. The average molecular weight is 387 g/mol. The smallest absolute Gasteiger partial charge is 0.226 e. The van der Waals surface area contributed by atoms with E-state index in [0.717, 1.165) is 55.8 Å². The van der Waals surface area contributed by atoms with Crippen LogP contribution >= 0.6 is 0 Å². The van der Waals surface area contributed by atoms with Gasteiger partial charge < -0.3 is 14.8 Å². The highest BCUT2D eigenvalue weighted by atomic mass is 19.2. The first-order valence-corrected chi connectivity index (χ1v) is 9.98. The van der Waals surface area contributed by atoms with Crippen LogP contribution in [-0.4, -0.2) is 45.2 Å². The zero-order chi connectivity index (χ0) is 19.3. The fourth-order valence-corrected chi connectivity index (χ4v) is 4.59. The number of halogens is 2. The maximum Gasteiger partial charge on any atom is 0.226 e. The van der Waals surface area contributed by atoms with Gasteiger partial charge in [0.2, 0.25) is 5.91 Å². The molecule has 2 fully saturated rings. The van der Waals surface area contributed by atoms with Crippen molar-refractivity contribution in [2.75, 3.05) is 19.6 Å². The topological polar surface area (TPSA) is 63.1 Å². The van der Waals surface area contributed by atoms with Crippen molar-refractivity contribution in [2.45, 2.75) is 44.2 Å². The second-order valence-corrected chi connectivity index (χ2v) is 8.02. The van der Waals surface area contributed by atoms with Crippen molar-refractivity contribution in [3.8, 4) is 0 Å². The molecule has 0 spiro atoms. The van der Waals surface area contributed by atoms with Gasteiger partial charge in [-0.15, -0.1) is 10.2 Å². The van der Waals surface area contributed by atoms with Crippen LogP contribution in [0.3, 0.4) is 0 Å². The van der Waals surface area contributed by atoms with Crippen LogP contribution < -0.4 is 5.32 Å². The van der Waals surface area contributed by atoms with Gasteiger partial charge in [-0.25, -0.2) is 8.78 Å². The van der Waals surface area contributed by atoms with Gasteiger partial charge in [0, 0.05) is 38.0 Å². The third-order valence-electron chi connectivity index (χ3n) is 6.30. The van der Waals surface area contributed by atoms with Gasteiger partial charge in [-0.3, -0.25) is 4.79 Å². The van der Waals surface area contributed by atoms with E-state index in [4.69, 9.17) is 0 Å². The molecular weight excluding hydrogens is 364 g/mol. The number of amides is 1. The number of hydrogen-bond acceptors (Lipinski definition) is 4. The Morgan fingerprint density at radius 1 is 1.11 bits per heavy atom. The van der Waals surface area contributed by atoms with E-state index in [1.54, 1.807) is 6.07 Å². The standard InChI is InChI=1S/C20H23F2N5O/c21-16-2-1-13(9-17(16)22)14-10-15(14)20(28)26-6-3-12(4-7-26)19-25-24-18-11-23-5-8-27(18)19/h1-2,9,12,14-15,23H,3-8,10-11H2. The first-order chi connectivity index (χ1) is 13.6. The summed E-state index contributed by atoms with van der Waals surface area (Å²) in [6, 6.07) is 3.96. The highest BCUT2D eigenvalue weighted by molar-refractivity contribution is 5.83. The maximum absolute atomic E-state index is 13.5. The first kappa shape index (κ1) is 17.7. The van der Waals surface area contributed by atoms with E-state index in [2.05, 4.69) is 20.1 Å². The summed E-state index contributed by atoms with van der Waals surface area (Å²) in [4.78, 5) is 14.8. The molecule has 2 atom stereocenters. The predicted octanol–water partition coefficient (Wildman–Crippen LogP) is 2.17. The SMILES string of the molecule is O=C(C1CC1c1ccc(F)c(F)c1)N1CCC(c2nnc3n2CCNC3)CC1. The molecule has 28 heavy (non-hydrogen) atoms. The number of piperidine rings is 1. The number of rotatable bonds is 3. The second-order valence-electron chi connectivity index (χ2n) is 8.02. The summed E-state index contributed by atoms with van der Waals surface area (Å²) in [7, 11) is 0. The molecule has 8 heteroatoms. The molecule has 2 aromatic rings. The summed E-state index contributed by atoms with van der Waals surface area (Å²) in [5.41, 5.74) is 0.718. The van der Waals surface area contributed by atoms with Crippen LogP contribution in [0.15, 0.2) is 18.2 Å². The lowest BCUT2D eigenvalue weighted by Gasteiger charge is -2.32. The fraction of sp³-hybridized carbons (Fsp3) is 0.550. The lowest BCUT2D eigenvalue weighted by molar-refractivity contribution is -0.133. The zero-order valence-corrected chi connectivity index (χ0v) is 15.6. The molecule has 1 saturated carbocycles. The van der Waals surface area contributed by atoms with Crippen LogP contribution in [0.2, 0.25) is 0 Å². The molecule has 1 aliphatic carbocycles. The van der Waals surface area contributed by atoms with Crippen molar-refractivity contribution in [1.82, 2.24) is 25.0 Å². The zero-order valence-electron chi connectivity index (χ0n) is 15.6. The number of carbonyl (C=O) groups excluding carboxylic acids is 1. The van der Waals surface area contributed by atoms with Crippen molar-refractivity contribution < 1.29 is 13.6 Å². The Kier molecular flexibility index (Phi) is 4.38. The minimum Gasteiger partial charge on any atom is -0.342 e. The van der Waals surface area contributed by atoms with Gasteiger partial charge in [0.25, 0.3) is 0 Å². The normalized spacial score (nSPS) is 24.9. The van der Waals surface area contributed by atoms with Crippen molar-refractivity contribution in [3.63, 3.8) is 0 Å². The van der Waals surface area contributed by atoms with Crippen molar-refractivity contribution in [2.24, 2.45) is 5.92 Å². The van der Waals surface area contributed by atoms with Gasteiger partial charge in [-0.1, -0.05) is 6.07 Å². The lowest BCUT2D eigenvalue weighted by atomic mass is 9.95. The highest BCUT2D eigenvalue weighted by Crippen LogP contribution is 2.49. The number of fused-ring (bicyclic) bond motifs is 1. The van der Waals surface area contributed by atoms with E-state index in [9.17, 15) is 13.6 Å². The third-order valence-corrected chi connectivity index (χ3v) is 6.30. The van der Waals surface area contributed by atoms with Gasteiger partial charge in [-0.05, 0) is 42.9 Å².